The highest BCUT2D eigenvalue weighted by atomic mass is 35.5. The lowest BCUT2D eigenvalue weighted by Gasteiger charge is -2.25. The monoisotopic (exact) mass is 394 g/mol. The Kier molecular flexibility index (Phi) is 5.02. The van der Waals surface area contributed by atoms with Crippen LogP contribution in [0.5, 0.6) is 0 Å². The molecule has 2 aliphatic heterocycles. The van der Waals surface area contributed by atoms with Gasteiger partial charge in [-0.05, 0) is 37.5 Å². The van der Waals surface area contributed by atoms with Crippen molar-refractivity contribution in [3.8, 4) is 0 Å². The third-order valence-corrected chi connectivity index (χ3v) is 5.63. The average molecular weight is 395 g/mol. The van der Waals surface area contributed by atoms with Crippen molar-refractivity contribution in [2.45, 2.75) is 25.9 Å². The second kappa shape index (κ2) is 7.42. The van der Waals surface area contributed by atoms with E-state index >= 15 is 0 Å². The summed E-state index contributed by atoms with van der Waals surface area (Å²) >= 11 is 7.61. The number of amides is 1. The number of rotatable bonds is 4. The Morgan fingerprint density at radius 3 is 3.00 bits per heavy atom. The first kappa shape index (κ1) is 17.6. The number of halogens is 1. The summed E-state index contributed by atoms with van der Waals surface area (Å²) in [5.41, 5.74) is 1.84. The number of fused-ring (bicyclic) bond motifs is 1. The number of benzene rings is 1. The Balaban J connectivity index is 1.70. The van der Waals surface area contributed by atoms with Crippen LogP contribution in [-0.4, -0.2) is 43.4 Å². The fourth-order valence-electron chi connectivity index (χ4n) is 3.11. The molecule has 0 N–H and O–H groups in total. The van der Waals surface area contributed by atoms with E-state index in [-0.39, 0.29) is 17.8 Å². The highest BCUT2D eigenvalue weighted by Gasteiger charge is 2.30. The molecule has 1 aromatic heterocycles. The summed E-state index contributed by atoms with van der Waals surface area (Å²) in [5, 5.41) is 1.27. The van der Waals surface area contributed by atoms with Crippen LogP contribution < -0.4 is 4.90 Å². The third-order valence-electron chi connectivity index (χ3n) is 4.39. The number of hydrogen-bond donors (Lipinski definition) is 0. The molecule has 6 nitrogen and oxygen atoms in total. The molecule has 2 aliphatic rings. The topological polar surface area (TPSA) is 60.9 Å². The number of anilines is 1. The van der Waals surface area contributed by atoms with Crippen molar-refractivity contribution in [1.82, 2.24) is 4.98 Å². The van der Waals surface area contributed by atoms with Crippen LogP contribution in [-0.2, 0) is 19.0 Å². The van der Waals surface area contributed by atoms with Gasteiger partial charge in [0.2, 0.25) is 5.76 Å². The highest BCUT2D eigenvalue weighted by Crippen LogP contribution is 2.34. The van der Waals surface area contributed by atoms with Crippen LogP contribution >= 0.6 is 22.9 Å². The third kappa shape index (κ3) is 3.51. The smallest absolute Gasteiger partial charge is 0.298 e. The van der Waals surface area contributed by atoms with Crippen molar-refractivity contribution < 1.29 is 19.0 Å². The summed E-state index contributed by atoms with van der Waals surface area (Å²) in [6.45, 7) is 3.93. The normalized spacial score (nSPS) is 19.8. The Hall–Kier alpha value is -1.83. The standard InChI is InChI=1S/C18H19ClN2O4S/c1-11-7-12(19)8-15-16(11)20-18(26-15)21(9-13-3-2-4-24-13)17(22)14-10-23-5-6-25-14/h7-8,10,13H,2-6,9H2,1H3. The van der Waals surface area contributed by atoms with Crippen LogP contribution in [0, 0.1) is 6.92 Å². The van der Waals surface area contributed by atoms with Gasteiger partial charge >= 0.3 is 0 Å². The zero-order valence-corrected chi connectivity index (χ0v) is 15.9. The number of aryl methyl sites for hydroxylation is 1. The van der Waals surface area contributed by atoms with Gasteiger partial charge in [0.1, 0.15) is 19.5 Å². The predicted octanol–water partition coefficient (Wildman–Crippen LogP) is 3.66. The molecule has 0 aliphatic carbocycles. The van der Waals surface area contributed by atoms with E-state index in [1.54, 1.807) is 4.90 Å². The first-order valence-corrected chi connectivity index (χ1v) is 9.76. The summed E-state index contributed by atoms with van der Waals surface area (Å²) in [5.74, 6) is -0.0636. The number of nitrogens with zero attached hydrogens (tertiary/aromatic N) is 2. The Labute approximate surface area is 160 Å². The molecule has 4 rings (SSSR count). The minimum atomic E-state index is -0.261. The highest BCUT2D eigenvalue weighted by molar-refractivity contribution is 7.22. The van der Waals surface area contributed by atoms with E-state index in [9.17, 15) is 4.79 Å². The van der Waals surface area contributed by atoms with E-state index in [0.717, 1.165) is 35.2 Å². The van der Waals surface area contributed by atoms with Gasteiger partial charge in [-0.15, -0.1) is 0 Å². The number of thiazole rings is 1. The lowest BCUT2D eigenvalue weighted by Crippen LogP contribution is -2.39. The summed E-state index contributed by atoms with van der Waals surface area (Å²) in [4.78, 5) is 19.4. The first-order valence-electron chi connectivity index (χ1n) is 8.56. The van der Waals surface area contributed by atoms with Crippen LogP contribution in [0.2, 0.25) is 5.02 Å². The Bertz CT molecular complexity index is 860. The maximum atomic E-state index is 13.1. The second-order valence-electron chi connectivity index (χ2n) is 6.32. The summed E-state index contributed by atoms with van der Waals surface area (Å²) < 4.78 is 17.4. The van der Waals surface area contributed by atoms with Crippen molar-refractivity contribution in [2.24, 2.45) is 0 Å². The minimum absolute atomic E-state index is 0.000700. The fraction of sp³-hybridized carbons (Fsp3) is 0.444. The molecular formula is C18H19ClN2O4S. The van der Waals surface area contributed by atoms with E-state index in [1.807, 2.05) is 19.1 Å². The molecule has 8 heteroatoms. The van der Waals surface area contributed by atoms with Gasteiger partial charge in [-0.25, -0.2) is 4.98 Å². The van der Waals surface area contributed by atoms with E-state index < -0.39 is 0 Å². The molecule has 1 unspecified atom stereocenters. The van der Waals surface area contributed by atoms with E-state index in [4.69, 9.17) is 30.8 Å². The Morgan fingerprint density at radius 2 is 2.27 bits per heavy atom. The molecule has 1 atom stereocenters. The van der Waals surface area contributed by atoms with Crippen LogP contribution in [0.3, 0.4) is 0 Å². The van der Waals surface area contributed by atoms with Gasteiger partial charge in [-0.3, -0.25) is 9.69 Å². The SMILES string of the molecule is Cc1cc(Cl)cc2sc(N(CC3CCCO3)C(=O)C3=COCCO3)nc12. The minimum Gasteiger partial charge on any atom is -0.494 e. The Morgan fingerprint density at radius 1 is 1.38 bits per heavy atom. The van der Waals surface area contributed by atoms with Gasteiger partial charge in [-0.1, -0.05) is 22.9 Å². The number of carbonyl (C=O) groups is 1. The van der Waals surface area contributed by atoms with Crippen molar-refractivity contribution in [1.29, 1.82) is 0 Å². The molecule has 138 valence electrons. The van der Waals surface area contributed by atoms with Crippen LogP contribution in [0.25, 0.3) is 10.2 Å². The quantitative estimate of drug-likeness (QED) is 0.792. The van der Waals surface area contributed by atoms with Gasteiger partial charge in [-0.2, -0.15) is 0 Å². The maximum absolute atomic E-state index is 13.1. The number of aromatic nitrogens is 1. The predicted molar refractivity (Wildman–Crippen MR) is 101 cm³/mol. The van der Waals surface area contributed by atoms with Gasteiger partial charge < -0.3 is 14.2 Å². The van der Waals surface area contributed by atoms with Gasteiger partial charge in [0.25, 0.3) is 5.91 Å². The van der Waals surface area contributed by atoms with Crippen molar-refractivity contribution in [3.63, 3.8) is 0 Å². The molecule has 2 aromatic rings. The molecule has 0 radical (unpaired) electrons. The van der Waals surface area contributed by atoms with Crippen molar-refractivity contribution in [2.75, 3.05) is 31.3 Å². The average Bonchev–Trinajstić information content (AvgIpc) is 3.29. The molecule has 1 fully saturated rings. The van der Waals surface area contributed by atoms with Crippen LogP contribution in [0.15, 0.2) is 24.2 Å². The molecule has 26 heavy (non-hydrogen) atoms. The van der Waals surface area contributed by atoms with E-state index in [1.165, 1.54) is 17.6 Å². The summed E-state index contributed by atoms with van der Waals surface area (Å²) in [7, 11) is 0. The van der Waals surface area contributed by atoms with Gasteiger partial charge in [0.15, 0.2) is 5.13 Å². The fourth-order valence-corrected chi connectivity index (χ4v) is 4.54. The molecular weight excluding hydrogens is 376 g/mol. The summed E-state index contributed by atoms with van der Waals surface area (Å²) in [6.07, 6.45) is 3.31. The van der Waals surface area contributed by atoms with Gasteiger partial charge in [0, 0.05) is 11.6 Å². The molecule has 0 spiro atoms. The molecule has 1 saturated heterocycles. The second-order valence-corrected chi connectivity index (χ2v) is 7.76. The largest absolute Gasteiger partial charge is 0.494 e. The summed E-state index contributed by atoms with van der Waals surface area (Å²) in [6, 6.07) is 3.75. The van der Waals surface area contributed by atoms with Gasteiger partial charge in [0.05, 0.1) is 22.9 Å². The first-order chi connectivity index (χ1) is 12.6. The molecule has 3 heterocycles. The zero-order chi connectivity index (χ0) is 18.1. The lowest BCUT2D eigenvalue weighted by atomic mass is 10.2. The van der Waals surface area contributed by atoms with E-state index in [0.29, 0.717) is 29.9 Å². The van der Waals surface area contributed by atoms with E-state index in [2.05, 4.69) is 0 Å². The number of ether oxygens (including phenoxy) is 3. The molecule has 1 aromatic carbocycles. The van der Waals surface area contributed by atoms with Crippen molar-refractivity contribution in [3.05, 3.63) is 34.7 Å². The van der Waals surface area contributed by atoms with Crippen molar-refractivity contribution >= 4 is 44.2 Å². The maximum Gasteiger partial charge on any atom is 0.298 e. The number of carbonyl (C=O) groups excluding carboxylic acids is 1. The van der Waals surface area contributed by atoms with Crippen LogP contribution in [0.1, 0.15) is 18.4 Å². The lowest BCUT2D eigenvalue weighted by molar-refractivity contribution is -0.120. The zero-order valence-electron chi connectivity index (χ0n) is 14.4. The number of hydrogen-bond acceptors (Lipinski definition) is 6. The van der Waals surface area contributed by atoms with Crippen LogP contribution in [0.4, 0.5) is 5.13 Å². The molecule has 1 amide bonds. The molecule has 0 bridgehead atoms. The molecule has 0 saturated carbocycles.